The minimum Gasteiger partial charge on any atom is -0.344 e. The maximum Gasteiger partial charge on any atom is 0.416 e. The van der Waals surface area contributed by atoms with Crippen LogP contribution >= 0.6 is 0 Å². The molecular weight excluding hydrogens is 239 g/mol. The first kappa shape index (κ1) is 12.7. The van der Waals surface area contributed by atoms with Crippen molar-refractivity contribution in [3.63, 3.8) is 0 Å². The van der Waals surface area contributed by atoms with E-state index in [1.807, 2.05) is 30.2 Å². The van der Waals surface area contributed by atoms with Gasteiger partial charge in [0.2, 0.25) is 0 Å². The Labute approximate surface area is 104 Å². The van der Waals surface area contributed by atoms with E-state index in [2.05, 4.69) is 0 Å². The lowest BCUT2D eigenvalue weighted by Crippen LogP contribution is -2.20. The van der Waals surface area contributed by atoms with Gasteiger partial charge in [0.05, 0.1) is 5.56 Å². The first-order valence-electron chi connectivity index (χ1n) is 5.66. The molecule has 0 amide bonds. The molecule has 0 unspecified atom stereocenters. The summed E-state index contributed by atoms with van der Waals surface area (Å²) in [4.78, 5) is 1.93. The third-order valence-corrected chi connectivity index (χ3v) is 2.91. The van der Waals surface area contributed by atoms with E-state index < -0.39 is 11.7 Å². The van der Waals surface area contributed by atoms with Gasteiger partial charge in [0.1, 0.15) is 0 Å². The topological polar surface area (TPSA) is 3.24 Å². The zero-order chi connectivity index (χ0) is 13.3. The summed E-state index contributed by atoms with van der Waals surface area (Å²) in [6.45, 7) is 4.19. The number of rotatable bonds is 1. The van der Waals surface area contributed by atoms with Crippen LogP contribution in [0.2, 0.25) is 0 Å². The van der Waals surface area contributed by atoms with Crippen LogP contribution in [0.25, 0.3) is 0 Å². The van der Waals surface area contributed by atoms with Crippen LogP contribution < -0.4 is 4.90 Å². The minimum atomic E-state index is -4.28. The molecular formula is C14H14F3N. The summed E-state index contributed by atoms with van der Waals surface area (Å²) in [7, 11) is 0. The number of allylic oxidation sites excluding steroid dienone is 2. The summed E-state index contributed by atoms with van der Waals surface area (Å²) in [6.07, 6.45) is 1.48. The summed E-state index contributed by atoms with van der Waals surface area (Å²) in [5.74, 6) is 0. The highest BCUT2D eigenvalue weighted by Crippen LogP contribution is 2.33. The largest absolute Gasteiger partial charge is 0.416 e. The van der Waals surface area contributed by atoms with Gasteiger partial charge in [-0.2, -0.15) is 13.2 Å². The van der Waals surface area contributed by atoms with E-state index in [4.69, 9.17) is 0 Å². The van der Waals surface area contributed by atoms with Gasteiger partial charge >= 0.3 is 6.18 Å². The van der Waals surface area contributed by atoms with Gasteiger partial charge in [-0.05, 0) is 43.7 Å². The lowest BCUT2D eigenvalue weighted by Gasteiger charge is -2.24. The zero-order valence-electron chi connectivity index (χ0n) is 10.3. The molecule has 4 heteroatoms. The quantitative estimate of drug-likeness (QED) is 0.721. The molecule has 0 spiro atoms. The van der Waals surface area contributed by atoms with Gasteiger partial charge in [-0.1, -0.05) is 11.6 Å². The fourth-order valence-corrected chi connectivity index (χ4v) is 2.01. The highest BCUT2D eigenvalue weighted by Gasteiger charge is 2.32. The normalized spacial score (nSPS) is 15.8. The second kappa shape index (κ2) is 4.52. The standard InChI is InChI=1S/C14H14F3N/c1-10-4-3-7-18(9-10)12-5-6-13(11(2)8-12)14(15,16)17/h3-8H,9H2,1-2H3. The van der Waals surface area contributed by atoms with Crippen LogP contribution in [0.5, 0.6) is 0 Å². The van der Waals surface area contributed by atoms with Gasteiger partial charge in [-0.15, -0.1) is 0 Å². The number of hydrogen-bond donors (Lipinski definition) is 0. The van der Waals surface area contributed by atoms with Crippen LogP contribution in [-0.4, -0.2) is 6.54 Å². The Bertz CT molecular complexity index is 512. The highest BCUT2D eigenvalue weighted by molar-refractivity contribution is 5.55. The first-order chi connectivity index (χ1) is 8.38. The molecule has 0 saturated heterocycles. The molecule has 1 aliphatic rings. The molecule has 1 aliphatic heterocycles. The molecule has 0 aromatic heterocycles. The molecule has 0 atom stereocenters. The Hall–Kier alpha value is -1.71. The molecule has 1 aromatic rings. The Morgan fingerprint density at radius 1 is 1.17 bits per heavy atom. The van der Waals surface area contributed by atoms with E-state index in [0.29, 0.717) is 6.54 Å². The van der Waals surface area contributed by atoms with Crippen molar-refractivity contribution in [2.75, 3.05) is 11.4 Å². The van der Waals surface area contributed by atoms with Crippen molar-refractivity contribution in [1.82, 2.24) is 0 Å². The van der Waals surface area contributed by atoms with Crippen molar-refractivity contribution in [2.24, 2.45) is 0 Å². The number of hydrogen-bond acceptors (Lipinski definition) is 1. The SMILES string of the molecule is CC1=CC=CN(c2ccc(C(F)(F)F)c(C)c2)C1. The summed E-state index contributed by atoms with van der Waals surface area (Å²) in [5.41, 5.74) is 1.64. The molecule has 0 aliphatic carbocycles. The fraction of sp³-hybridized carbons (Fsp3) is 0.286. The minimum absolute atomic E-state index is 0.251. The monoisotopic (exact) mass is 253 g/mol. The van der Waals surface area contributed by atoms with E-state index in [1.54, 1.807) is 6.07 Å². The maximum absolute atomic E-state index is 12.6. The van der Waals surface area contributed by atoms with Crippen LogP contribution in [0, 0.1) is 6.92 Å². The van der Waals surface area contributed by atoms with Gasteiger partial charge in [-0.3, -0.25) is 0 Å². The van der Waals surface area contributed by atoms with Crippen molar-refractivity contribution in [1.29, 1.82) is 0 Å². The van der Waals surface area contributed by atoms with Crippen molar-refractivity contribution in [3.05, 3.63) is 53.3 Å². The van der Waals surface area contributed by atoms with Crippen molar-refractivity contribution in [2.45, 2.75) is 20.0 Å². The molecule has 2 rings (SSSR count). The fourth-order valence-electron chi connectivity index (χ4n) is 2.01. The van der Waals surface area contributed by atoms with Crippen molar-refractivity contribution in [3.8, 4) is 0 Å². The van der Waals surface area contributed by atoms with Crippen LogP contribution in [0.15, 0.2) is 42.1 Å². The molecule has 18 heavy (non-hydrogen) atoms. The summed E-state index contributed by atoms with van der Waals surface area (Å²) in [6, 6.07) is 4.23. The molecule has 1 nitrogen and oxygen atoms in total. The van der Waals surface area contributed by atoms with Gasteiger partial charge in [0.25, 0.3) is 0 Å². The molecule has 96 valence electrons. The van der Waals surface area contributed by atoms with Crippen LogP contribution in [-0.2, 0) is 6.18 Å². The number of benzene rings is 1. The molecule has 0 radical (unpaired) electrons. The second-order valence-electron chi connectivity index (χ2n) is 4.48. The Morgan fingerprint density at radius 3 is 2.44 bits per heavy atom. The third-order valence-electron chi connectivity index (χ3n) is 2.91. The van der Waals surface area contributed by atoms with E-state index in [9.17, 15) is 13.2 Å². The number of aryl methyl sites for hydroxylation is 1. The summed E-state index contributed by atoms with van der Waals surface area (Å²) >= 11 is 0. The highest BCUT2D eigenvalue weighted by atomic mass is 19.4. The molecule has 0 bridgehead atoms. The average molecular weight is 253 g/mol. The Balaban J connectivity index is 2.30. The second-order valence-corrected chi connectivity index (χ2v) is 4.48. The lowest BCUT2D eigenvalue weighted by molar-refractivity contribution is -0.138. The molecule has 1 heterocycles. The number of alkyl halides is 3. The smallest absolute Gasteiger partial charge is 0.344 e. The summed E-state index contributed by atoms with van der Waals surface area (Å²) in [5, 5.41) is 0. The van der Waals surface area contributed by atoms with Crippen LogP contribution in [0.4, 0.5) is 18.9 Å². The summed E-state index contributed by atoms with van der Waals surface area (Å²) < 4.78 is 37.9. The van der Waals surface area contributed by atoms with E-state index >= 15 is 0 Å². The van der Waals surface area contributed by atoms with Crippen LogP contribution in [0.1, 0.15) is 18.1 Å². The molecule has 0 fully saturated rings. The first-order valence-corrected chi connectivity index (χ1v) is 5.66. The Kier molecular flexibility index (Phi) is 3.20. The molecule has 1 aromatic carbocycles. The lowest BCUT2D eigenvalue weighted by atomic mass is 10.1. The zero-order valence-corrected chi connectivity index (χ0v) is 10.3. The average Bonchev–Trinajstić information content (AvgIpc) is 2.27. The number of nitrogens with zero attached hydrogens (tertiary/aromatic N) is 1. The van der Waals surface area contributed by atoms with Gasteiger partial charge in [0, 0.05) is 18.4 Å². The van der Waals surface area contributed by atoms with E-state index in [-0.39, 0.29) is 5.56 Å². The number of halogens is 3. The third kappa shape index (κ3) is 2.58. The predicted octanol–water partition coefficient (Wildman–Crippen LogP) is 4.29. The van der Waals surface area contributed by atoms with Crippen LogP contribution in [0.3, 0.4) is 0 Å². The van der Waals surface area contributed by atoms with Crippen molar-refractivity contribution < 1.29 is 13.2 Å². The van der Waals surface area contributed by atoms with Gasteiger partial charge in [-0.25, -0.2) is 0 Å². The van der Waals surface area contributed by atoms with E-state index in [0.717, 1.165) is 11.8 Å². The van der Waals surface area contributed by atoms with Gasteiger partial charge < -0.3 is 4.90 Å². The molecule has 0 saturated carbocycles. The Morgan fingerprint density at radius 2 is 1.89 bits per heavy atom. The maximum atomic E-state index is 12.6. The molecule has 0 N–H and O–H groups in total. The van der Waals surface area contributed by atoms with Gasteiger partial charge in [0.15, 0.2) is 0 Å². The van der Waals surface area contributed by atoms with Crippen molar-refractivity contribution >= 4 is 5.69 Å². The number of anilines is 1. The predicted molar refractivity (Wildman–Crippen MR) is 66.4 cm³/mol. The van der Waals surface area contributed by atoms with E-state index in [1.165, 1.54) is 18.6 Å².